The lowest BCUT2D eigenvalue weighted by Crippen LogP contribution is -2.21. The topological polar surface area (TPSA) is 0 Å². The Morgan fingerprint density at radius 1 is 1.29 bits per heavy atom. The van der Waals surface area contributed by atoms with Gasteiger partial charge in [0.05, 0.1) is 0 Å². The Morgan fingerprint density at radius 3 is 2.29 bits per heavy atom. The molecule has 2 rings (SSSR count). The number of hydrogen-bond donors (Lipinski definition) is 0. The van der Waals surface area contributed by atoms with Crippen LogP contribution >= 0.6 is 0 Å². The molecule has 14 heavy (non-hydrogen) atoms. The van der Waals surface area contributed by atoms with Gasteiger partial charge in [-0.3, -0.25) is 0 Å². The molecule has 0 aromatic carbocycles. The summed E-state index contributed by atoms with van der Waals surface area (Å²) in [4.78, 5) is 0. The molecule has 0 N–H and O–H groups in total. The second kappa shape index (κ2) is 4.82. The van der Waals surface area contributed by atoms with E-state index in [1.807, 2.05) is 0 Å². The Labute approximate surface area is 89.1 Å². The summed E-state index contributed by atoms with van der Waals surface area (Å²) >= 11 is 0. The highest BCUT2D eigenvalue weighted by molar-refractivity contribution is 5.09. The molecule has 0 saturated heterocycles. The molecule has 80 valence electrons. The van der Waals surface area contributed by atoms with Gasteiger partial charge in [0, 0.05) is 0 Å². The third kappa shape index (κ3) is 2.10. The zero-order valence-corrected chi connectivity index (χ0v) is 9.76. The lowest BCUT2D eigenvalue weighted by molar-refractivity contribution is 0.247. The maximum absolute atomic E-state index is 3.00. The van der Waals surface area contributed by atoms with E-state index in [-0.39, 0.29) is 0 Å². The monoisotopic (exact) mass is 192 g/mol. The van der Waals surface area contributed by atoms with Gasteiger partial charge in [0.1, 0.15) is 0 Å². The summed E-state index contributed by atoms with van der Waals surface area (Å²) in [6.45, 7) is 10.8. The highest BCUT2D eigenvalue weighted by atomic mass is 14.5. The van der Waals surface area contributed by atoms with Crippen molar-refractivity contribution >= 4 is 0 Å². The SMILES string of the molecule is C=C.CC(C)C1(C2C=CCCC2)CC1. The summed E-state index contributed by atoms with van der Waals surface area (Å²) < 4.78 is 0. The van der Waals surface area contributed by atoms with Crippen molar-refractivity contribution in [3.05, 3.63) is 25.3 Å². The molecule has 2 aliphatic rings. The van der Waals surface area contributed by atoms with Crippen LogP contribution in [-0.2, 0) is 0 Å². The molecule has 0 heterocycles. The lowest BCUT2D eigenvalue weighted by Gasteiger charge is -2.29. The van der Waals surface area contributed by atoms with Gasteiger partial charge in [-0.05, 0) is 49.4 Å². The van der Waals surface area contributed by atoms with E-state index in [0.29, 0.717) is 0 Å². The average Bonchev–Trinajstić information content (AvgIpc) is 3.03. The first kappa shape index (κ1) is 11.6. The van der Waals surface area contributed by atoms with E-state index in [1.165, 1.54) is 32.1 Å². The van der Waals surface area contributed by atoms with E-state index >= 15 is 0 Å². The predicted octanol–water partition coefficient (Wildman–Crippen LogP) is 4.58. The molecule has 1 unspecified atom stereocenters. The van der Waals surface area contributed by atoms with E-state index in [1.54, 1.807) is 0 Å². The highest BCUT2D eigenvalue weighted by Crippen LogP contribution is 2.59. The standard InChI is InChI=1S/C12H20.C2H4/c1-10(2)12(8-9-12)11-6-4-3-5-7-11;1-2/h4,6,10-11H,3,5,7-9H2,1-2H3;1-2H2. The van der Waals surface area contributed by atoms with E-state index < -0.39 is 0 Å². The second-order valence-electron chi connectivity index (χ2n) is 4.85. The van der Waals surface area contributed by atoms with E-state index in [0.717, 1.165) is 17.3 Å². The first-order valence-corrected chi connectivity index (χ1v) is 5.92. The Balaban J connectivity index is 0.000000461. The molecule has 0 spiro atoms. The fourth-order valence-corrected chi connectivity index (χ4v) is 2.81. The Bertz CT molecular complexity index is 196. The number of allylic oxidation sites excluding steroid dienone is 2. The lowest BCUT2D eigenvalue weighted by atomic mass is 9.75. The van der Waals surface area contributed by atoms with Crippen LogP contribution in [0.15, 0.2) is 25.3 Å². The van der Waals surface area contributed by atoms with Crippen molar-refractivity contribution in [2.75, 3.05) is 0 Å². The molecule has 1 fully saturated rings. The summed E-state index contributed by atoms with van der Waals surface area (Å²) in [5.41, 5.74) is 0.733. The van der Waals surface area contributed by atoms with Crippen LogP contribution in [0.25, 0.3) is 0 Å². The highest BCUT2D eigenvalue weighted by Gasteiger charge is 2.50. The molecule has 0 amide bonds. The fraction of sp³-hybridized carbons (Fsp3) is 0.714. The molecule has 0 nitrogen and oxygen atoms in total. The molecular formula is C14H24. The van der Waals surface area contributed by atoms with Gasteiger partial charge >= 0.3 is 0 Å². The van der Waals surface area contributed by atoms with Crippen molar-refractivity contribution in [1.82, 2.24) is 0 Å². The molecule has 2 aliphatic carbocycles. The largest absolute Gasteiger partial charge is 0.106 e. The normalized spacial score (nSPS) is 28.1. The van der Waals surface area contributed by atoms with Crippen molar-refractivity contribution in [1.29, 1.82) is 0 Å². The van der Waals surface area contributed by atoms with Gasteiger partial charge in [-0.15, -0.1) is 13.2 Å². The van der Waals surface area contributed by atoms with E-state index in [4.69, 9.17) is 0 Å². The third-order valence-electron chi connectivity index (χ3n) is 3.97. The van der Waals surface area contributed by atoms with Crippen LogP contribution in [0.1, 0.15) is 46.0 Å². The minimum Gasteiger partial charge on any atom is -0.106 e. The smallest absolute Gasteiger partial charge is 0.0174 e. The van der Waals surface area contributed by atoms with Crippen LogP contribution in [0.3, 0.4) is 0 Å². The first-order chi connectivity index (χ1) is 6.76. The third-order valence-corrected chi connectivity index (χ3v) is 3.97. The Morgan fingerprint density at radius 2 is 1.93 bits per heavy atom. The second-order valence-corrected chi connectivity index (χ2v) is 4.85. The molecule has 0 aromatic rings. The van der Waals surface area contributed by atoms with Crippen LogP contribution < -0.4 is 0 Å². The van der Waals surface area contributed by atoms with Crippen LogP contribution in [-0.4, -0.2) is 0 Å². The van der Waals surface area contributed by atoms with Crippen molar-refractivity contribution in [2.45, 2.75) is 46.0 Å². The van der Waals surface area contributed by atoms with Crippen molar-refractivity contribution < 1.29 is 0 Å². The van der Waals surface area contributed by atoms with E-state index in [2.05, 4.69) is 39.2 Å². The summed E-state index contributed by atoms with van der Waals surface area (Å²) in [5, 5.41) is 0. The van der Waals surface area contributed by atoms with Crippen molar-refractivity contribution in [2.24, 2.45) is 17.3 Å². The number of hydrogen-bond acceptors (Lipinski definition) is 0. The Kier molecular flexibility index (Phi) is 3.97. The van der Waals surface area contributed by atoms with E-state index in [9.17, 15) is 0 Å². The van der Waals surface area contributed by atoms with Gasteiger partial charge < -0.3 is 0 Å². The zero-order chi connectivity index (χ0) is 10.6. The fourth-order valence-electron chi connectivity index (χ4n) is 2.81. The van der Waals surface area contributed by atoms with Crippen LogP contribution in [0.2, 0.25) is 0 Å². The maximum Gasteiger partial charge on any atom is -0.0174 e. The van der Waals surface area contributed by atoms with Gasteiger partial charge in [0.2, 0.25) is 0 Å². The Hall–Kier alpha value is -0.520. The predicted molar refractivity (Wildman–Crippen MR) is 64.2 cm³/mol. The van der Waals surface area contributed by atoms with Gasteiger partial charge in [0.25, 0.3) is 0 Å². The van der Waals surface area contributed by atoms with Crippen molar-refractivity contribution in [3.63, 3.8) is 0 Å². The van der Waals surface area contributed by atoms with Gasteiger partial charge in [-0.1, -0.05) is 26.0 Å². The maximum atomic E-state index is 3.00. The summed E-state index contributed by atoms with van der Waals surface area (Å²) in [7, 11) is 0. The van der Waals surface area contributed by atoms with Crippen LogP contribution in [0.4, 0.5) is 0 Å². The number of rotatable bonds is 2. The van der Waals surface area contributed by atoms with Gasteiger partial charge in [-0.2, -0.15) is 0 Å². The van der Waals surface area contributed by atoms with Gasteiger partial charge in [-0.25, -0.2) is 0 Å². The van der Waals surface area contributed by atoms with Crippen molar-refractivity contribution in [3.8, 4) is 0 Å². The molecule has 0 bridgehead atoms. The summed E-state index contributed by atoms with van der Waals surface area (Å²) in [5.74, 6) is 1.82. The zero-order valence-electron chi connectivity index (χ0n) is 9.76. The van der Waals surface area contributed by atoms with Crippen LogP contribution in [0, 0.1) is 17.3 Å². The first-order valence-electron chi connectivity index (χ1n) is 5.92. The summed E-state index contributed by atoms with van der Waals surface area (Å²) in [6.07, 6.45) is 12.1. The van der Waals surface area contributed by atoms with Gasteiger partial charge in [0.15, 0.2) is 0 Å². The minimum atomic E-state index is 0.733. The molecule has 0 aromatic heterocycles. The molecule has 1 atom stereocenters. The summed E-state index contributed by atoms with van der Waals surface area (Å²) in [6, 6.07) is 0. The molecule has 0 radical (unpaired) electrons. The molecule has 0 aliphatic heterocycles. The molecule has 1 saturated carbocycles. The van der Waals surface area contributed by atoms with Crippen LogP contribution in [0.5, 0.6) is 0 Å². The molecular weight excluding hydrogens is 168 g/mol. The minimum absolute atomic E-state index is 0.733. The molecule has 0 heteroatoms. The quantitative estimate of drug-likeness (QED) is 0.562. The average molecular weight is 192 g/mol.